The molecule has 1 N–H and O–H groups in total. The van der Waals surface area contributed by atoms with Gasteiger partial charge in [-0.1, -0.05) is 73.7 Å². The molecule has 2 atom stereocenters. The lowest BCUT2D eigenvalue weighted by molar-refractivity contribution is 0.0714. The topological polar surface area (TPSA) is 37.3 Å². The summed E-state index contributed by atoms with van der Waals surface area (Å²) in [6, 6.07) is 22.9. The van der Waals surface area contributed by atoms with Gasteiger partial charge in [-0.2, -0.15) is 0 Å². The Bertz CT molecular complexity index is 793. The van der Waals surface area contributed by atoms with E-state index in [-0.39, 0.29) is 5.78 Å². The number of carbonyl (C=O) groups excluding carboxylic acids is 1. The van der Waals surface area contributed by atoms with Crippen LogP contribution < -0.4 is 0 Å². The number of hydrogen-bond acceptors (Lipinski definition) is 2. The van der Waals surface area contributed by atoms with Crippen LogP contribution in [0.5, 0.6) is 0 Å². The Kier molecular flexibility index (Phi) is 4.03. The number of Topliss-reactive ketones (excluding diaryl/α,β-unsaturated/α-hetero) is 1. The van der Waals surface area contributed by atoms with Crippen LogP contribution in [0.25, 0.3) is 10.8 Å². The van der Waals surface area contributed by atoms with Crippen LogP contribution >= 0.6 is 0 Å². The van der Waals surface area contributed by atoms with E-state index in [2.05, 4.69) is 0 Å². The molecule has 2 heteroatoms. The molecule has 0 aliphatic carbocycles. The van der Waals surface area contributed by atoms with Crippen LogP contribution in [0.15, 0.2) is 72.8 Å². The second-order valence-electron chi connectivity index (χ2n) is 5.57. The van der Waals surface area contributed by atoms with Gasteiger partial charge in [0, 0.05) is 11.5 Å². The molecule has 0 aromatic heterocycles. The summed E-state index contributed by atoms with van der Waals surface area (Å²) >= 11 is 0. The number of aliphatic hydroxyl groups is 1. The summed E-state index contributed by atoms with van der Waals surface area (Å²) in [6.45, 7) is 1.77. The van der Waals surface area contributed by atoms with Gasteiger partial charge in [0.05, 0.1) is 6.10 Å². The van der Waals surface area contributed by atoms with Crippen molar-refractivity contribution in [3.8, 4) is 0 Å². The van der Waals surface area contributed by atoms with Crippen LogP contribution in [0.1, 0.15) is 28.9 Å². The maximum absolute atomic E-state index is 12.5. The first-order chi connectivity index (χ1) is 10.7. The van der Waals surface area contributed by atoms with E-state index in [1.165, 1.54) is 0 Å². The smallest absolute Gasteiger partial charge is 0.168 e. The molecule has 110 valence electrons. The van der Waals surface area contributed by atoms with Gasteiger partial charge in [-0.25, -0.2) is 0 Å². The molecule has 0 spiro atoms. The Morgan fingerprint density at radius 1 is 0.864 bits per heavy atom. The Labute approximate surface area is 130 Å². The highest BCUT2D eigenvalue weighted by molar-refractivity contribution is 5.98. The summed E-state index contributed by atoms with van der Waals surface area (Å²) in [4.78, 5) is 12.5. The second-order valence-corrected chi connectivity index (χ2v) is 5.57. The maximum Gasteiger partial charge on any atom is 0.168 e. The lowest BCUT2D eigenvalue weighted by Crippen LogP contribution is -2.19. The number of aliphatic hydroxyl groups excluding tert-OH is 1. The third kappa shape index (κ3) is 2.78. The Balaban J connectivity index is 1.88. The van der Waals surface area contributed by atoms with E-state index in [4.69, 9.17) is 0 Å². The summed E-state index contributed by atoms with van der Waals surface area (Å²) < 4.78 is 0. The molecule has 0 aliphatic heterocycles. The highest BCUT2D eigenvalue weighted by atomic mass is 16.3. The molecule has 0 aliphatic rings. The predicted molar refractivity (Wildman–Crippen MR) is 88.8 cm³/mol. The normalized spacial score (nSPS) is 13.7. The van der Waals surface area contributed by atoms with E-state index in [0.29, 0.717) is 5.56 Å². The third-order valence-corrected chi connectivity index (χ3v) is 4.06. The average Bonchev–Trinajstić information content (AvgIpc) is 2.60. The molecule has 0 fully saturated rings. The van der Waals surface area contributed by atoms with Gasteiger partial charge in [-0.3, -0.25) is 4.79 Å². The number of hydrogen-bond donors (Lipinski definition) is 1. The Hall–Kier alpha value is -2.45. The average molecular weight is 290 g/mol. The van der Waals surface area contributed by atoms with E-state index >= 15 is 0 Å². The van der Waals surface area contributed by atoms with Gasteiger partial charge < -0.3 is 5.11 Å². The minimum absolute atomic E-state index is 0.0405. The zero-order chi connectivity index (χ0) is 15.5. The van der Waals surface area contributed by atoms with Crippen LogP contribution in [0.2, 0.25) is 0 Å². The molecule has 0 saturated carbocycles. The van der Waals surface area contributed by atoms with Crippen LogP contribution in [-0.2, 0) is 0 Å². The molecular formula is C20H18O2. The fourth-order valence-corrected chi connectivity index (χ4v) is 2.69. The van der Waals surface area contributed by atoms with Crippen molar-refractivity contribution >= 4 is 16.6 Å². The highest BCUT2D eigenvalue weighted by Crippen LogP contribution is 2.27. The van der Waals surface area contributed by atoms with Crippen molar-refractivity contribution in [1.29, 1.82) is 0 Å². The van der Waals surface area contributed by atoms with E-state index in [9.17, 15) is 9.90 Å². The summed E-state index contributed by atoms with van der Waals surface area (Å²) in [7, 11) is 0. The molecule has 22 heavy (non-hydrogen) atoms. The molecule has 2 nitrogen and oxygen atoms in total. The van der Waals surface area contributed by atoms with Crippen molar-refractivity contribution in [2.24, 2.45) is 5.92 Å². The summed E-state index contributed by atoms with van der Waals surface area (Å²) in [5, 5.41) is 12.8. The number of ketones is 1. The van der Waals surface area contributed by atoms with Crippen molar-refractivity contribution in [2.75, 3.05) is 0 Å². The van der Waals surface area contributed by atoms with Crippen LogP contribution in [0, 0.1) is 5.92 Å². The lowest BCUT2D eigenvalue weighted by atomic mass is 9.89. The predicted octanol–water partition coefficient (Wildman–Crippen LogP) is 4.39. The van der Waals surface area contributed by atoms with Crippen molar-refractivity contribution < 1.29 is 9.90 Å². The van der Waals surface area contributed by atoms with E-state index in [1.54, 1.807) is 19.1 Å². The van der Waals surface area contributed by atoms with Gasteiger partial charge in [-0.15, -0.1) is 0 Å². The van der Waals surface area contributed by atoms with Gasteiger partial charge in [-0.05, 0) is 22.4 Å². The molecule has 0 heterocycles. The molecule has 0 radical (unpaired) electrons. The third-order valence-electron chi connectivity index (χ3n) is 4.06. The van der Waals surface area contributed by atoms with Crippen molar-refractivity contribution in [1.82, 2.24) is 0 Å². The van der Waals surface area contributed by atoms with Crippen molar-refractivity contribution in [2.45, 2.75) is 13.0 Å². The summed E-state index contributed by atoms with van der Waals surface area (Å²) in [6.07, 6.45) is -0.808. The van der Waals surface area contributed by atoms with E-state index in [0.717, 1.165) is 16.3 Å². The first-order valence-corrected chi connectivity index (χ1v) is 7.43. The quantitative estimate of drug-likeness (QED) is 0.723. The second kappa shape index (κ2) is 6.12. The van der Waals surface area contributed by atoms with Gasteiger partial charge in [0.2, 0.25) is 0 Å². The van der Waals surface area contributed by atoms with Crippen LogP contribution in [-0.4, -0.2) is 10.9 Å². The molecule has 0 bridgehead atoms. The molecule has 3 aromatic rings. The first kappa shape index (κ1) is 14.5. The molecule has 2 unspecified atom stereocenters. The van der Waals surface area contributed by atoms with Gasteiger partial charge in [0.25, 0.3) is 0 Å². The van der Waals surface area contributed by atoms with E-state index < -0.39 is 12.0 Å². The molecule has 3 aromatic carbocycles. The lowest BCUT2D eigenvalue weighted by Gasteiger charge is -2.18. The number of carbonyl (C=O) groups is 1. The summed E-state index contributed by atoms with van der Waals surface area (Å²) in [5.74, 6) is -0.523. The van der Waals surface area contributed by atoms with Gasteiger partial charge in [0.15, 0.2) is 5.78 Å². The van der Waals surface area contributed by atoms with Crippen molar-refractivity contribution in [3.63, 3.8) is 0 Å². The maximum atomic E-state index is 12.5. The fraction of sp³-hybridized carbons (Fsp3) is 0.150. The van der Waals surface area contributed by atoms with Crippen molar-refractivity contribution in [3.05, 3.63) is 83.9 Å². The zero-order valence-electron chi connectivity index (χ0n) is 12.4. The zero-order valence-corrected chi connectivity index (χ0v) is 12.4. The largest absolute Gasteiger partial charge is 0.388 e. The summed E-state index contributed by atoms with van der Waals surface area (Å²) in [5.41, 5.74) is 1.41. The molecule has 0 amide bonds. The molecule has 0 saturated heterocycles. The standard InChI is InChI=1S/C20H18O2/c1-14(19(21)16-8-3-2-4-9-16)20(22)18-12-11-15-7-5-6-10-17(15)13-18/h2-14,20,22H,1H3. The highest BCUT2D eigenvalue weighted by Gasteiger charge is 2.24. The SMILES string of the molecule is CC(C(=O)c1ccccc1)C(O)c1ccc2ccccc2c1. The minimum atomic E-state index is -0.808. The van der Waals surface area contributed by atoms with Gasteiger partial charge >= 0.3 is 0 Å². The Morgan fingerprint density at radius 3 is 2.23 bits per heavy atom. The first-order valence-electron chi connectivity index (χ1n) is 7.43. The van der Waals surface area contributed by atoms with E-state index in [1.807, 2.05) is 60.7 Å². The fourth-order valence-electron chi connectivity index (χ4n) is 2.69. The molecular weight excluding hydrogens is 272 g/mol. The molecule has 3 rings (SSSR count). The number of fused-ring (bicyclic) bond motifs is 1. The van der Waals surface area contributed by atoms with Gasteiger partial charge in [0.1, 0.15) is 0 Å². The number of benzene rings is 3. The van der Waals surface area contributed by atoms with Crippen LogP contribution in [0.4, 0.5) is 0 Å². The Morgan fingerprint density at radius 2 is 1.50 bits per heavy atom. The minimum Gasteiger partial charge on any atom is -0.388 e. The van der Waals surface area contributed by atoms with Crippen LogP contribution in [0.3, 0.4) is 0 Å². The monoisotopic (exact) mass is 290 g/mol. The number of rotatable bonds is 4.